The lowest BCUT2D eigenvalue weighted by atomic mass is 9.98. The molecule has 3 rings (SSSR count). The quantitative estimate of drug-likeness (QED) is 0.240. The molecule has 0 aromatic heterocycles. The van der Waals surface area contributed by atoms with E-state index in [1.54, 1.807) is 44.2 Å². The second-order valence-electron chi connectivity index (χ2n) is 10.1. The number of benzene rings is 3. The lowest BCUT2D eigenvalue weighted by Gasteiger charge is -2.25. The Morgan fingerprint density at radius 1 is 0.634 bits per heavy atom. The smallest absolute Gasteiger partial charge is 0.289 e. The van der Waals surface area contributed by atoms with Crippen LogP contribution in [0, 0.1) is 5.92 Å². The van der Waals surface area contributed by atoms with Gasteiger partial charge in [0.05, 0.1) is 6.04 Å². The lowest BCUT2D eigenvalue weighted by molar-refractivity contribution is -0.141. The van der Waals surface area contributed by atoms with Gasteiger partial charge in [-0.05, 0) is 36.1 Å². The van der Waals surface area contributed by atoms with Crippen molar-refractivity contribution in [1.82, 2.24) is 21.3 Å². The van der Waals surface area contributed by atoms with Crippen LogP contribution in [-0.2, 0) is 32.1 Å². The van der Waals surface area contributed by atoms with Crippen LogP contribution in [0.4, 0.5) is 0 Å². The zero-order valence-electron chi connectivity index (χ0n) is 23.4. The number of carbonyl (C=O) groups excluding carboxylic acids is 5. The fourth-order valence-electron chi connectivity index (χ4n) is 4.09. The molecule has 3 atom stereocenters. The van der Waals surface area contributed by atoms with Crippen molar-refractivity contribution >= 4 is 29.4 Å². The van der Waals surface area contributed by atoms with Gasteiger partial charge in [0.25, 0.3) is 11.8 Å². The van der Waals surface area contributed by atoms with Gasteiger partial charge in [0, 0.05) is 18.5 Å². The van der Waals surface area contributed by atoms with Gasteiger partial charge < -0.3 is 21.3 Å². The van der Waals surface area contributed by atoms with E-state index in [1.165, 1.54) is 6.92 Å². The highest BCUT2D eigenvalue weighted by atomic mass is 16.2. The molecule has 9 nitrogen and oxygen atoms in total. The Morgan fingerprint density at radius 3 is 1.73 bits per heavy atom. The van der Waals surface area contributed by atoms with Crippen LogP contribution in [0.2, 0.25) is 0 Å². The van der Waals surface area contributed by atoms with Gasteiger partial charge in [-0.15, -0.1) is 0 Å². The predicted molar refractivity (Wildman–Crippen MR) is 156 cm³/mol. The Kier molecular flexibility index (Phi) is 11.3. The summed E-state index contributed by atoms with van der Waals surface area (Å²) in [5.41, 5.74) is 2.05. The standard InChI is InChI=1S/C32H36N4O5/c1-21(2)27(28(37)32(41)33-20-24-15-9-5-10-16-24)36-29(38)22(3)34-31(40)26(19-23-13-7-4-8-14-23)35-30(39)25-17-11-6-12-18-25/h4-18,21-22,26-27H,19-20H2,1-3H3,(H,33,41)(H,34,40)(H,35,39)(H,36,38)/t22?,26-,27-/m0/s1. The minimum Gasteiger partial charge on any atom is -0.345 e. The Balaban J connectivity index is 1.64. The maximum atomic E-state index is 13.3. The van der Waals surface area contributed by atoms with Crippen molar-refractivity contribution in [3.63, 3.8) is 0 Å². The molecule has 0 radical (unpaired) electrons. The summed E-state index contributed by atoms with van der Waals surface area (Å²) in [6.07, 6.45) is 0.203. The molecule has 0 heterocycles. The molecule has 1 unspecified atom stereocenters. The normalized spacial score (nSPS) is 12.9. The predicted octanol–water partition coefficient (Wildman–Crippen LogP) is 2.56. The van der Waals surface area contributed by atoms with Crippen molar-refractivity contribution in [1.29, 1.82) is 0 Å². The molecule has 41 heavy (non-hydrogen) atoms. The first-order valence-corrected chi connectivity index (χ1v) is 13.5. The number of ketones is 1. The van der Waals surface area contributed by atoms with E-state index in [0.29, 0.717) is 5.56 Å². The van der Waals surface area contributed by atoms with Crippen LogP contribution >= 0.6 is 0 Å². The van der Waals surface area contributed by atoms with Gasteiger partial charge in [0.1, 0.15) is 12.1 Å². The molecule has 9 heteroatoms. The minimum absolute atomic E-state index is 0.175. The Hall–Kier alpha value is -4.79. The number of carbonyl (C=O) groups is 5. The third kappa shape index (κ3) is 9.42. The maximum Gasteiger partial charge on any atom is 0.289 e. The summed E-state index contributed by atoms with van der Waals surface area (Å²) in [6, 6.07) is 23.8. The molecule has 0 bridgehead atoms. The summed E-state index contributed by atoms with van der Waals surface area (Å²) in [5.74, 6) is -3.59. The van der Waals surface area contributed by atoms with Gasteiger partial charge in [0.2, 0.25) is 17.6 Å². The van der Waals surface area contributed by atoms with Crippen LogP contribution in [-0.4, -0.2) is 47.5 Å². The van der Waals surface area contributed by atoms with Gasteiger partial charge in [-0.25, -0.2) is 0 Å². The molecular weight excluding hydrogens is 520 g/mol. The lowest BCUT2D eigenvalue weighted by Crippen LogP contribution is -2.57. The highest BCUT2D eigenvalue weighted by Crippen LogP contribution is 2.08. The number of amides is 4. The van der Waals surface area contributed by atoms with Crippen molar-refractivity contribution in [2.45, 2.75) is 51.9 Å². The van der Waals surface area contributed by atoms with E-state index < -0.39 is 47.5 Å². The van der Waals surface area contributed by atoms with E-state index in [2.05, 4.69) is 21.3 Å². The number of hydrogen-bond acceptors (Lipinski definition) is 5. The fourth-order valence-corrected chi connectivity index (χ4v) is 4.09. The zero-order chi connectivity index (χ0) is 29.8. The molecule has 3 aromatic carbocycles. The molecule has 0 saturated heterocycles. The average molecular weight is 557 g/mol. The molecule has 0 aliphatic heterocycles. The van der Waals surface area contributed by atoms with Gasteiger partial charge >= 0.3 is 0 Å². The summed E-state index contributed by atoms with van der Waals surface area (Å²) in [7, 11) is 0. The second kappa shape index (κ2) is 15.1. The molecule has 4 N–H and O–H groups in total. The third-order valence-electron chi connectivity index (χ3n) is 6.46. The van der Waals surface area contributed by atoms with E-state index in [4.69, 9.17) is 0 Å². The highest BCUT2D eigenvalue weighted by Gasteiger charge is 2.32. The van der Waals surface area contributed by atoms with E-state index >= 15 is 0 Å². The number of rotatable bonds is 13. The minimum atomic E-state index is -1.09. The molecule has 0 aliphatic rings. The first kappa shape index (κ1) is 30.7. The highest BCUT2D eigenvalue weighted by molar-refractivity contribution is 6.38. The van der Waals surface area contributed by atoms with Gasteiger partial charge in [-0.1, -0.05) is 92.7 Å². The van der Waals surface area contributed by atoms with Crippen LogP contribution in [0.1, 0.15) is 42.3 Å². The maximum absolute atomic E-state index is 13.3. The van der Waals surface area contributed by atoms with Crippen molar-refractivity contribution < 1.29 is 24.0 Å². The zero-order valence-corrected chi connectivity index (χ0v) is 23.4. The van der Waals surface area contributed by atoms with Gasteiger partial charge in [0.15, 0.2) is 0 Å². The van der Waals surface area contributed by atoms with Crippen molar-refractivity contribution in [2.24, 2.45) is 5.92 Å². The Morgan fingerprint density at radius 2 is 1.17 bits per heavy atom. The SMILES string of the molecule is CC(NC(=O)[C@H](Cc1ccccc1)NC(=O)c1ccccc1)C(=O)N[C@H](C(=O)C(=O)NCc1ccccc1)C(C)C. The summed E-state index contributed by atoms with van der Waals surface area (Å²) in [6.45, 7) is 5.08. The van der Waals surface area contributed by atoms with E-state index in [9.17, 15) is 24.0 Å². The average Bonchev–Trinajstić information content (AvgIpc) is 2.99. The Bertz CT molecular complexity index is 1330. The molecular formula is C32H36N4O5. The number of nitrogens with one attached hydrogen (secondary N) is 4. The molecule has 214 valence electrons. The second-order valence-corrected chi connectivity index (χ2v) is 10.1. The van der Waals surface area contributed by atoms with Crippen molar-refractivity contribution in [3.05, 3.63) is 108 Å². The van der Waals surface area contributed by atoms with Crippen LogP contribution in [0.3, 0.4) is 0 Å². The monoisotopic (exact) mass is 556 g/mol. The summed E-state index contributed by atoms with van der Waals surface area (Å²) < 4.78 is 0. The number of hydrogen-bond donors (Lipinski definition) is 4. The molecule has 3 aromatic rings. The summed E-state index contributed by atoms with van der Waals surface area (Å²) >= 11 is 0. The fraction of sp³-hybridized carbons (Fsp3) is 0.281. The van der Waals surface area contributed by atoms with Crippen LogP contribution in [0.25, 0.3) is 0 Å². The van der Waals surface area contributed by atoms with Crippen LogP contribution in [0.15, 0.2) is 91.0 Å². The summed E-state index contributed by atoms with van der Waals surface area (Å²) in [5, 5.41) is 10.6. The van der Waals surface area contributed by atoms with Crippen LogP contribution < -0.4 is 21.3 Å². The molecule has 0 saturated carbocycles. The molecule has 4 amide bonds. The van der Waals surface area contributed by atoms with Gasteiger partial charge in [-0.2, -0.15) is 0 Å². The first-order valence-electron chi connectivity index (χ1n) is 13.5. The molecule has 0 fully saturated rings. The van der Waals surface area contributed by atoms with E-state index in [1.807, 2.05) is 60.7 Å². The van der Waals surface area contributed by atoms with Crippen molar-refractivity contribution in [2.75, 3.05) is 0 Å². The van der Waals surface area contributed by atoms with Crippen molar-refractivity contribution in [3.8, 4) is 0 Å². The third-order valence-corrected chi connectivity index (χ3v) is 6.46. The Labute approximate surface area is 240 Å². The molecule has 0 aliphatic carbocycles. The molecule has 0 spiro atoms. The largest absolute Gasteiger partial charge is 0.345 e. The van der Waals surface area contributed by atoms with E-state index in [0.717, 1.165) is 11.1 Å². The van der Waals surface area contributed by atoms with Crippen LogP contribution in [0.5, 0.6) is 0 Å². The van der Waals surface area contributed by atoms with E-state index in [-0.39, 0.29) is 18.9 Å². The number of Topliss-reactive ketones (excluding diaryl/α,β-unsaturated/α-hetero) is 1. The summed E-state index contributed by atoms with van der Waals surface area (Å²) in [4.78, 5) is 64.6. The van der Waals surface area contributed by atoms with Gasteiger partial charge in [-0.3, -0.25) is 24.0 Å². The first-order chi connectivity index (χ1) is 19.7. The topological polar surface area (TPSA) is 133 Å².